The van der Waals surface area contributed by atoms with Crippen LogP contribution >= 0.6 is 0 Å². The molecule has 3 N–H and O–H groups in total. The Labute approximate surface area is 168 Å². The fourth-order valence-electron chi connectivity index (χ4n) is 3.23. The summed E-state index contributed by atoms with van der Waals surface area (Å²) in [4.78, 5) is 37.0. The minimum absolute atomic E-state index is 0.0563. The number of halogens is 2. The number of aromatic amines is 1. The molecule has 0 saturated carbocycles. The van der Waals surface area contributed by atoms with E-state index < -0.39 is 36.9 Å². The molecule has 3 aromatic heterocycles. The second-order valence-corrected chi connectivity index (χ2v) is 6.98. The highest BCUT2D eigenvalue weighted by molar-refractivity contribution is 6.06. The van der Waals surface area contributed by atoms with Gasteiger partial charge in [-0.25, -0.2) is 18.7 Å². The zero-order valence-electron chi connectivity index (χ0n) is 16.0. The van der Waals surface area contributed by atoms with Crippen LogP contribution in [0.3, 0.4) is 0 Å². The number of aryl methyl sites for hydroxylation is 1. The molecule has 1 fully saturated rings. The number of aromatic nitrogens is 5. The molecule has 1 aliphatic heterocycles. The molecular formula is C18H19F2N7O3. The van der Waals surface area contributed by atoms with Gasteiger partial charge in [0.2, 0.25) is 6.23 Å². The van der Waals surface area contributed by atoms with Crippen LogP contribution in [0.25, 0.3) is 22.4 Å². The largest absolute Gasteiger partial charge is 0.365 e. The van der Waals surface area contributed by atoms with Crippen molar-refractivity contribution in [2.75, 3.05) is 13.1 Å². The number of rotatable bonds is 5. The molecule has 0 aliphatic carbocycles. The van der Waals surface area contributed by atoms with Crippen molar-refractivity contribution < 1.29 is 23.5 Å². The van der Waals surface area contributed by atoms with E-state index in [0.29, 0.717) is 23.4 Å². The van der Waals surface area contributed by atoms with Gasteiger partial charge in [0.05, 0.1) is 30.2 Å². The molecule has 0 spiro atoms. The monoisotopic (exact) mass is 419 g/mol. The Morgan fingerprint density at radius 2 is 2.20 bits per heavy atom. The van der Waals surface area contributed by atoms with Crippen LogP contribution in [0.1, 0.15) is 23.7 Å². The molecule has 0 bridgehead atoms. The van der Waals surface area contributed by atoms with Crippen molar-refractivity contribution in [3.05, 3.63) is 30.4 Å². The Bertz CT molecular complexity index is 1110. The number of nitrogens with zero attached hydrogens (tertiary/aromatic N) is 5. The van der Waals surface area contributed by atoms with E-state index >= 15 is 0 Å². The van der Waals surface area contributed by atoms with E-state index in [9.17, 15) is 23.5 Å². The molecule has 10 nitrogen and oxygen atoms in total. The van der Waals surface area contributed by atoms with E-state index in [0.717, 1.165) is 4.90 Å². The van der Waals surface area contributed by atoms with Gasteiger partial charge in [-0.15, -0.1) is 0 Å². The zero-order valence-corrected chi connectivity index (χ0v) is 16.0. The normalized spacial score (nSPS) is 16.7. The van der Waals surface area contributed by atoms with E-state index in [1.807, 2.05) is 6.92 Å². The number of hydrogen-bond donors (Lipinski definition) is 3. The second-order valence-electron chi connectivity index (χ2n) is 6.98. The summed E-state index contributed by atoms with van der Waals surface area (Å²) in [6.07, 6.45) is 3.87. The zero-order chi connectivity index (χ0) is 21.5. The topological polar surface area (TPSA) is 129 Å². The number of carbonyl (C=O) groups is 2. The number of carbonyl (C=O) groups excluding carboxylic acids is 2. The number of H-pyrrole nitrogens is 1. The van der Waals surface area contributed by atoms with Crippen LogP contribution in [0.2, 0.25) is 0 Å². The third kappa shape index (κ3) is 3.73. The molecular weight excluding hydrogens is 400 g/mol. The van der Waals surface area contributed by atoms with E-state index in [-0.39, 0.29) is 17.6 Å². The number of amides is 2. The smallest absolute Gasteiger partial charge is 0.272 e. The lowest BCUT2D eigenvalue weighted by atomic mass is 10.2. The SMILES string of the molecule is CCn1cc(-c2cnc3[nH]cc(C(=O)N[C@H](O)C(=O)N4CCC(F)(F)C4)c3n2)cn1. The molecule has 12 heteroatoms. The third-order valence-corrected chi connectivity index (χ3v) is 4.86. The first-order valence-electron chi connectivity index (χ1n) is 9.30. The van der Waals surface area contributed by atoms with Crippen LogP contribution in [0.15, 0.2) is 24.8 Å². The molecule has 1 aliphatic rings. The van der Waals surface area contributed by atoms with Gasteiger partial charge in [0.15, 0.2) is 5.65 Å². The number of aliphatic hydroxyl groups excluding tert-OH is 1. The Hall–Kier alpha value is -3.41. The molecule has 2 amide bonds. The van der Waals surface area contributed by atoms with Gasteiger partial charge in [0.1, 0.15) is 5.52 Å². The average Bonchev–Trinajstić information content (AvgIpc) is 3.44. The lowest BCUT2D eigenvalue weighted by Gasteiger charge is -2.20. The molecule has 0 radical (unpaired) electrons. The summed E-state index contributed by atoms with van der Waals surface area (Å²) in [5, 5.41) is 16.3. The molecule has 4 heterocycles. The first-order valence-corrected chi connectivity index (χ1v) is 9.30. The number of likely N-dealkylation sites (tertiary alicyclic amines) is 1. The predicted octanol–water partition coefficient (Wildman–Crippen LogP) is 0.757. The van der Waals surface area contributed by atoms with Crippen LogP contribution in [-0.2, 0) is 11.3 Å². The van der Waals surface area contributed by atoms with E-state index in [2.05, 4.69) is 25.4 Å². The van der Waals surface area contributed by atoms with Crippen LogP contribution in [0.4, 0.5) is 8.78 Å². The molecule has 1 atom stereocenters. The number of alkyl halides is 2. The highest BCUT2D eigenvalue weighted by Crippen LogP contribution is 2.27. The van der Waals surface area contributed by atoms with Gasteiger partial charge in [0.25, 0.3) is 17.7 Å². The summed E-state index contributed by atoms with van der Waals surface area (Å²) in [5.41, 5.74) is 1.84. The van der Waals surface area contributed by atoms with Gasteiger partial charge in [-0.2, -0.15) is 5.10 Å². The lowest BCUT2D eigenvalue weighted by Crippen LogP contribution is -2.48. The van der Waals surface area contributed by atoms with Crippen LogP contribution in [0.5, 0.6) is 0 Å². The third-order valence-electron chi connectivity index (χ3n) is 4.86. The Morgan fingerprint density at radius 3 is 2.87 bits per heavy atom. The molecule has 3 aromatic rings. The quantitative estimate of drug-likeness (QED) is 0.524. The van der Waals surface area contributed by atoms with Crippen LogP contribution < -0.4 is 5.32 Å². The van der Waals surface area contributed by atoms with Crippen LogP contribution in [-0.4, -0.2) is 71.8 Å². The van der Waals surface area contributed by atoms with Crippen molar-refractivity contribution in [2.45, 2.75) is 32.0 Å². The number of hydrogen-bond acceptors (Lipinski definition) is 6. The summed E-state index contributed by atoms with van der Waals surface area (Å²) in [7, 11) is 0. The Kier molecular flexibility index (Phi) is 4.94. The van der Waals surface area contributed by atoms with Gasteiger partial charge >= 0.3 is 0 Å². The molecule has 0 aromatic carbocycles. The minimum atomic E-state index is -2.99. The highest BCUT2D eigenvalue weighted by atomic mass is 19.3. The van der Waals surface area contributed by atoms with E-state index in [1.165, 1.54) is 12.4 Å². The van der Waals surface area contributed by atoms with Crippen molar-refractivity contribution in [3.63, 3.8) is 0 Å². The summed E-state index contributed by atoms with van der Waals surface area (Å²) >= 11 is 0. The standard InChI is InChI=1S/C18H19F2N7O3/c1-2-27-8-10(5-23-27)12-7-22-14-13(24-12)11(6-21-14)15(28)25-16(29)17(30)26-4-3-18(19,20)9-26/h5-8,16,29H,2-4,9H2,1H3,(H,21,22)(H,25,28)/t16-/m1/s1. The van der Waals surface area contributed by atoms with Crippen molar-refractivity contribution in [1.82, 2.24) is 34.9 Å². The molecule has 4 rings (SSSR count). The molecule has 158 valence electrons. The summed E-state index contributed by atoms with van der Waals surface area (Å²) in [6, 6.07) is 0. The van der Waals surface area contributed by atoms with Gasteiger partial charge in [-0.05, 0) is 6.92 Å². The van der Waals surface area contributed by atoms with Crippen molar-refractivity contribution >= 4 is 23.0 Å². The fraction of sp³-hybridized carbons (Fsp3) is 0.389. The lowest BCUT2D eigenvalue weighted by molar-refractivity contribution is -0.141. The van der Waals surface area contributed by atoms with Gasteiger partial charge in [-0.3, -0.25) is 14.3 Å². The first kappa shape index (κ1) is 19.9. The van der Waals surface area contributed by atoms with Gasteiger partial charge in [-0.1, -0.05) is 0 Å². The first-order chi connectivity index (χ1) is 14.3. The molecule has 0 unspecified atom stereocenters. The number of aliphatic hydroxyl groups is 1. The Morgan fingerprint density at radius 1 is 1.40 bits per heavy atom. The maximum atomic E-state index is 13.3. The maximum Gasteiger partial charge on any atom is 0.272 e. The van der Waals surface area contributed by atoms with Gasteiger partial charge in [0, 0.05) is 37.5 Å². The fourth-order valence-corrected chi connectivity index (χ4v) is 3.23. The average molecular weight is 419 g/mol. The summed E-state index contributed by atoms with van der Waals surface area (Å²) in [6.45, 7) is 1.65. The summed E-state index contributed by atoms with van der Waals surface area (Å²) in [5.74, 6) is -4.77. The van der Waals surface area contributed by atoms with Crippen molar-refractivity contribution in [1.29, 1.82) is 0 Å². The van der Waals surface area contributed by atoms with Gasteiger partial charge < -0.3 is 20.3 Å². The van der Waals surface area contributed by atoms with Crippen molar-refractivity contribution in [3.8, 4) is 11.3 Å². The predicted molar refractivity (Wildman–Crippen MR) is 100 cm³/mol. The highest BCUT2D eigenvalue weighted by Gasteiger charge is 2.42. The number of nitrogens with one attached hydrogen (secondary N) is 2. The summed E-state index contributed by atoms with van der Waals surface area (Å²) < 4.78 is 28.3. The molecule has 30 heavy (non-hydrogen) atoms. The minimum Gasteiger partial charge on any atom is -0.365 e. The molecule has 1 saturated heterocycles. The Balaban J connectivity index is 1.53. The van der Waals surface area contributed by atoms with Crippen molar-refractivity contribution in [2.24, 2.45) is 0 Å². The van der Waals surface area contributed by atoms with E-state index in [1.54, 1.807) is 17.1 Å². The van der Waals surface area contributed by atoms with E-state index in [4.69, 9.17) is 0 Å². The second kappa shape index (κ2) is 7.44. The number of fused-ring (bicyclic) bond motifs is 1. The van der Waals surface area contributed by atoms with Crippen LogP contribution in [0, 0.1) is 0 Å². The maximum absolute atomic E-state index is 13.3.